The lowest BCUT2D eigenvalue weighted by molar-refractivity contribution is 0.0679. The first-order valence-electron chi connectivity index (χ1n) is 14.2. The Morgan fingerprint density at radius 2 is 1.89 bits per heavy atom. The van der Waals surface area contributed by atoms with Crippen LogP contribution in [0.15, 0.2) is 36.4 Å². The van der Waals surface area contributed by atoms with Gasteiger partial charge in [0.2, 0.25) is 0 Å². The van der Waals surface area contributed by atoms with Crippen molar-refractivity contribution in [3.63, 3.8) is 0 Å². The molecule has 0 radical (unpaired) electrons. The molecule has 3 fully saturated rings. The fourth-order valence-corrected chi connectivity index (χ4v) is 6.38. The predicted molar refractivity (Wildman–Crippen MR) is 145 cm³/mol. The van der Waals surface area contributed by atoms with Crippen molar-refractivity contribution in [2.24, 2.45) is 0 Å². The summed E-state index contributed by atoms with van der Waals surface area (Å²) in [6.07, 6.45) is 7.46. The average molecular weight is 524 g/mol. The number of aliphatic hydroxyl groups excluding tert-OH is 1. The van der Waals surface area contributed by atoms with Gasteiger partial charge in [-0.1, -0.05) is 0 Å². The summed E-state index contributed by atoms with van der Waals surface area (Å²) in [7, 11) is 0. The maximum Gasteiger partial charge on any atom is 0.258 e. The summed E-state index contributed by atoms with van der Waals surface area (Å²) < 4.78 is 26.9. The van der Waals surface area contributed by atoms with E-state index < -0.39 is 0 Å². The van der Waals surface area contributed by atoms with E-state index in [2.05, 4.69) is 10.2 Å². The van der Waals surface area contributed by atoms with Gasteiger partial charge in [-0.2, -0.15) is 0 Å². The molecule has 0 aromatic heterocycles. The number of hydrogen-bond donors (Lipinski definition) is 2. The van der Waals surface area contributed by atoms with Gasteiger partial charge < -0.3 is 29.7 Å². The summed E-state index contributed by atoms with van der Waals surface area (Å²) in [5.41, 5.74) is 2.80. The van der Waals surface area contributed by atoms with Gasteiger partial charge in [0.15, 0.2) is 0 Å². The Bertz CT molecular complexity index is 1150. The zero-order chi connectivity index (χ0) is 26.1. The first-order chi connectivity index (χ1) is 18.5. The van der Waals surface area contributed by atoms with Crippen molar-refractivity contribution in [2.45, 2.75) is 75.7 Å². The predicted octanol–water partition coefficient (Wildman–Crippen LogP) is 4.06. The normalized spacial score (nSPS) is 27.6. The molecule has 4 aliphatic rings. The number of halogens is 1. The van der Waals surface area contributed by atoms with E-state index in [0.717, 1.165) is 76.0 Å². The summed E-state index contributed by atoms with van der Waals surface area (Å²) in [6, 6.07) is 11.6. The smallest absolute Gasteiger partial charge is 0.258 e. The second-order valence-corrected chi connectivity index (χ2v) is 11.2. The Morgan fingerprint density at radius 3 is 2.68 bits per heavy atom. The first kappa shape index (κ1) is 25.6. The van der Waals surface area contributed by atoms with Gasteiger partial charge in [0.25, 0.3) is 5.91 Å². The number of carbonyl (C=O) groups is 1. The maximum atomic E-state index is 15.3. The second-order valence-electron chi connectivity index (χ2n) is 11.2. The molecule has 7 nitrogen and oxygen atoms in total. The number of fused-ring (bicyclic) bond motifs is 1. The number of nitrogens with zero attached hydrogens (tertiary/aromatic N) is 2. The third-order valence-electron chi connectivity index (χ3n) is 8.56. The van der Waals surface area contributed by atoms with E-state index in [4.69, 9.17) is 9.47 Å². The topological polar surface area (TPSA) is 74.3 Å². The van der Waals surface area contributed by atoms with Crippen molar-refractivity contribution in [1.82, 2.24) is 5.32 Å². The molecule has 3 heterocycles. The maximum absolute atomic E-state index is 15.3. The Balaban J connectivity index is 1.07. The van der Waals surface area contributed by atoms with E-state index in [9.17, 15) is 9.90 Å². The van der Waals surface area contributed by atoms with Crippen LogP contribution in [-0.4, -0.2) is 68.2 Å². The summed E-state index contributed by atoms with van der Waals surface area (Å²) >= 11 is 0. The number of carbonyl (C=O) groups excluding carboxylic acids is 1. The van der Waals surface area contributed by atoms with E-state index in [1.807, 2.05) is 30.3 Å². The van der Waals surface area contributed by atoms with Gasteiger partial charge in [0.05, 0.1) is 17.9 Å². The quantitative estimate of drug-likeness (QED) is 0.570. The molecule has 1 unspecified atom stereocenters. The molecule has 2 aromatic carbocycles. The van der Waals surface area contributed by atoms with Crippen molar-refractivity contribution < 1.29 is 23.8 Å². The lowest BCUT2D eigenvalue weighted by atomic mass is 9.92. The van der Waals surface area contributed by atoms with Crippen LogP contribution in [0, 0.1) is 5.82 Å². The molecule has 2 N–H and O–H groups in total. The van der Waals surface area contributed by atoms with Crippen LogP contribution in [0.2, 0.25) is 0 Å². The SMILES string of the molecule is O=C1c2ccc(OC[C@@H]3CCCO3)cc2CCN1c1ccc(N2CCC(N[C@H]3CC[C@H](O)CC3)C2)c(F)c1. The molecule has 2 saturated heterocycles. The van der Waals surface area contributed by atoms with Gasteiger partial charge in [0, 0.05) is 49.6 Å². The number of aliphatic hydroxyl groups is 1. The minimum absolute atomic E-state index is 0.105. The van der Waals surface area contributed by atoms with Crippen LogP contribution in [0.5, 0.6) is 5.75 Å². The minimum atomic E-state index is -0.291. The van der Waals surface area contributed by atoms with Crippen LogP contribution in [0.4, 0.5) is 15.8 Å². The van der Waals surface area contributed by atoms with Crippen LogP contribution in [0.3, 0.4) is 0 Å². The molecule has 38 heavy (non-hydrogen) atoms. The number of benzene rings is 2. The summed E-state index contributed by atoms with van der Waals surface area (Å²) in [6.45, 7) is 3.40. The van der Waals surface area contributed by atoms with E-state index in [1.54, 1.807) is 4.90 Å². The van der Waals surface area contributed by atoms with Crippen molar-refractivity contribution in [3.05, 3.63) is 53.3 Å². The van der Waals surface area contributed by atoms with Crippen molar-refractivity contribution >= 4 is 17.3 Å². The van der Waals surface area contributed by atoms with Gasteiger partial charge in [-0.3, -0.25) is 4.79 Å². The fraction of sp³-hybridized carbons (Fsp3) is 0.567. The lowest BCUT2D eigenvalue weighted by Gasteiger charge is -2.30. The van der Waals surface area contributed by atoms with E-state index in [-0.39, 0.29) is 23.9 Å². The highest BCUT2D eigenvalue weighted by molar-refractivity contribution is 6.08. The van der Waals surface area contributed by atoms with Crippen LogP contribution in [0.25, 0.3) is 0 Å². The number of anilines is 2. The Morgan fingerprint density at radius 1 is 1.03 bits per heavy atom. The molecule has 1 amide bonds. The number of ether oxygens (including phenoxy) is 2. The Kier molecular flexibility index (Phi) is 7.54. The molecule has 1 saturated carbocycles. The molecule has 2 atom stereocenters. The molecule has 8 heteroatoms. The fourth-order valence-electron chi connectivity index (χ4n) is 6.38. The highest BCUT2D eigenvalue weighted by Crippen LogP contribution is 2.32. The third kappa shape index (κ3) is 5.53. The van der Waals surface area contributed by atoms with Gasteiger partial charge >= 0.3 is 0 Å². The second kappa shape index (κ2) is 11.2. The summed E-state index contributed by atoms with van der Waals surface area (Å²) in [5, 5.41) is 13.5. The van der Waals surface area contributed by atoms with E-state index in [1.165, 1.54) is 6.07 Å². The average Bonchev–Trinajstić information content (AvgIpc) is 3.61. The van der Waals surface area contributed by atoms with Crippen LogP contribution < -0.4 is 19.9 Å². The molecule has 2 aromatic rings. The first-order valence-corrected chi connectivity index (χ1v) is 14.2. The van der Waals surface area contributed by atoms with Gasteiger partial charge in [-0.05, 0) is 93.3 Å². The molecule has 3 aliphatic heterocycles. The van der Waals surface area contributed by atoms with Crippen molar-refractivity contribution in [2.75, 3.05) is 42.6 Å². The zero-order valence-electron chi connectivity index (χ0n) is 21.9. The van der Waals surface area contributed by atoms with Crippen molar-refractivity contribution in [1.29, 1.82) is 0 Å². The van der Waals surface area contributed by atoms with Gasteiger partial charge in [0.1, 0.15) is 18.2 Å². The largest absolute Gasteiger partial charge is 0.491 e. The number of amides is 1. The minimum Gasteiger partial charge on any atom is -0.491 e. The van der Waals surface area contributed by atoms with Crippen LogP contribution in [-0.2, 0) is 11.2 Å². The standard InChI is InChI=1S/C30H38FN3O4/c31-28-17-23(5-10-29(28)33-13-12-22(18-33)32-21-3-6-24(35)7-4-21)34-14-11-20-16-25(8-9-27(20)30(34)36)38-19-26-2-1-15-37-26/h5,8-10,16-17,21-22,24,26,32,35H,1-4,6-7,11-15,18-19H2/t21-,22?,24-,26-/m0/s1. The van der Waals surface area contributed by atoms with Gasteiger partial charge in [-0.25, -0.2) is 4.39 Å². The molecule has 204 valence electrons. The van der Waals surface area contributed by atoms with E-state index >= 15 is 4.39 Å². The van der Waals surface area contributed by atoms with Crippen LogP contribution >= 0.6 is 0 Å². The third-order valence-corrected chi connectivity index (χ3v) is 8.56. The molecule has 1 aliphatic carbocycles. The molecule has 0 bridgehead atoms. The Hall–Kier alpha value is -2.68. The van der Waals surface area contributed by atoms with Gasteiger partial charge in [-0.15, -0.1) is 0 Å². The summed E-state index contributed by atoms with van der Waals surface area (Å²) in [4.78, 5) is 17.1. The molecular formula is C30H38FN3O4. The van der Waals surface area contributed by atoms with Crippen molar-refractivity contribution in [3.8, 4) is 5.75 Å². The molecule has 0 spiro atoms. The molecule has 6 rings (SSSR count). The van der Waals surface area contributed by atoms with E-state index in [0.29, 0.717) is 48.6 Å². The van der Waals surface area contributed by atoms with Crippen LogP contribution in [0.1, 0.15) is 60.9 Å². The highest BCUT2D eigenvalue weighted by atomic mass is 19.1. The summed E-state index contributed by atoms with van der Waals surface area (Å²) in [5.74, 6) is 0.364. The lowest BCUT2D eigenvalue weighted by Crippen LogP contribution is -2.42. The zero-order valence-corrected chi connectivity index (χ0v) is 21.9. The Labute approximate surface area is 223 Å². The monoisotopic (exact) mass is 523 g/mol. The number of nitrogens with one attached hydrogen (secondary N) is 1. The molecular weight excluding hydrogens is 485 g/mol. The number of hydrogen-bond acceptors (Lipinski definition) is 6. The number of rotatable bonds is 7. The highest BCUT2D eigenvalue weighted by Gasteiger charge is 2.30.